The van der Waals surface area contributed by atoms with Crippen molar-refractivity contribution in [3.05, 3.63) is 88.8 Å². The molecule has 5 rings (SSSR count). The van der Waals surface area contributed by atoms with Crippen molar-refractivity contribution in [1.82, 2.24) is 9.88 Å². The summed E-state index contributed by atoms with van der Waals surface area (Å²) in [5.41, 5.74) is 4.66. The lowest BCUT2D eigenvalue weighted by Crippen LogP contribution is -2.40. The number of aromatic nitrogens is 1. The Morgan fingerprint density at radius 3 is 2.76 bits per heavy atom. The second-order valence-electron chi connectivity index (χ2n) is 8.67. The van der Waals surface area contributed by atoms with E-state index in [1.165, 1.54) is 12.1 Å². The van der Waals surface area contributed by atoms with Gasteiger partial charge in [-0.15, -0.1) is 0 Å². The lowest BCUT2D eigenvalue weighted by Gasteiger charge is -2.36. The average molecular weight is 455 g/mol. The van der Waals surface area contributed by atoms with Crippen molar-refractivity contribution in [3.8, 4) is 11.1 Å². The average Bonchev–Trinajstić information content (AvgIpc) is 2.85. The van der Waals surface area contributed by atoms with Crippen molar-refractivity contribution in [3.63, 3.8) is 0 Å². The van der Waals surface area contributed by atoms with Gasteiger partial charge in [0, 0.05) is 36.0 Å². The zero-order chi connectivity index (χ0) is 23.7. The zero-order valence-electron chi connectivity index (χ0n) is 18.6. The summed E-state index contributed by atoms with van der Waals surface area (Å²) < 4.78 is 14.1. The number of nitrogens with zero attached hydrogens (tertiary/aromatic N) is 3. The van der Waals surface area contributed by atoms with Crippen LogP contribution < -0.4 is 5.32 Å². The Bertz CT molecular complexity index is 1330. The van der Waals surface area contributed by atoms with E-state index in [4.69, 9.17) is 6.57 Å². The Morgan fingerprint density at radius 2 is 1.91 bits per heavy atom. The quantitative estimate of drug-likeness (QED) is 0.481. The molecule has 3 aromatic rings. The fourth-order valence-corrected chi connectivity index (χ4v) is 4.82. The molecule has 0 saturated heterocycles. The van der Waals surface area contributed by atoms with Gasteiger partial charge < -0.3 is 10.2 Å². The minimum absolute atomic E-state index is 0.0775. The number of fused-ring (bicyclic) bond motifs is 5. The van der Waals surface area contributed by atoms with Crippen LogP contribution in [0, 0.1) is 12.4 Å². The van der Waals surface area contributed by atoms with Crippen LogP contribution in [0.25, 0.3) is 16.0 Å². The number of carbonyl (C=O) groups excluding carboxylic acids is 2. The maximum absolute atomic E-state index is 14.1. The van der Waals surface area contributed by atoms with E-state index in [0.29, 0.717) is 54.7 Å². The van der Waals surface area contributed by atoms with E-state index < -0.39 is 5.82 Å². The molecule has 2 amide bonds. The molecule has 2 bridgehead atoms. The van der Waals surface area contributed by atoms with Crippen LogP contribution in [-0.2, 0) is 11.2 Å². The maximum Gasteiger partial charge on any atom is 0.254 e. The number of nitrogens with one attached hydrogen (secondary N) is 1. The molecule has 0 saturated carbocycles. The summed E-state index contributed by atoms with van der Waals surface area (Å²) in [6.07, 6.45) is 4.78. The zero-order valence-corrected chi connectivity index (χ0v) is 18.6. The van der Waals surface area contributed by atoms with Gasteiger partial charge in [0.2, 0.25) is 5.91 Å². The Kier molecular flexibility index (Phi) is 5.81. The van der Waals surface area contributed by atoms with Crippen molar-refractivity contribution in [2.45, 2.75) is 38.1 Å². The summed E-state index contributed by atoms with van der Waals surface area (Å²) in [6.45, 7) is 7.76. The van der Waals surface area contributed by atoms with Gasteiger partial charge in [-0.1, -0.05) is 24.6 Å². The summed E-state index contributed by atoms with van der Waals surface area (Å²) >= 11 is 0. The van der Waals surface area contributed by atoms with Crippen molar-refractivity contribution in [2.24, 2.45) is 0 Å². The summed E-state index contributed by atoms with van der Waals surface area (Å²) in [6, 6.07) is 12.9. The van der Waals surface area contributed by atoms with E-state index in [1.54, 1.807) is 36.5 Å². The molecule has 2 aliphatic heterocycles. The smallest absolute Gasteiger partial charge is 0.254 e. The first-order valence-corrected chi connectivity index (χ1v) is 11.4. The van der Waals surface area contributed by atoms with Gasteiger partial charge in [-0.05, 0) is 60.7 Å². The third kappa shape index (κ3) is 4.15. The summed E-state index contributed by atoms with van der Waals surface area (Å²) in [5.74, 6) is -0.583. The van der Waals surface area contributed by atoms with E-state index in [-0.39, 0.29) is 17.9 Å². The Balaban J connectivity index is 1.56. The monoisotopic (exact) mass is 454 g/mol. The SMILES string of the molecule is [C-]#[N+]c1ccc2c(c1)CCN([C@H]1CCCCC(=O)Nc3ccc(F)cc3-c3ccnc1c3)C2=O. The molecule has 7 heteroatoms. The van der Waals surface area contributed by atoms with Crippen LogP contribution in [0.2, 0.25) is 0 Å². The van der Waals surface area contributed by atoms with Crippen molar-refractivity contribution < 1.29 is 14.0 Å². The molecule has 1 aromatic heterocycles. The molecule has 2 aliphatic rings. The van der Waals surface area contributed by atoms with Gasteiger partial charge >= 0.3 is 0 Å². The molecule has 170 valence electrons. The number of amides is 2. The lowest BCUT2D eigenvalue weighted by molar-refractivity contribution is -0.116. The van der Waals surface area contributed by atoms with Gasteiger partial charge in [-0.3, -0.25) is 14.6 Å². The van der Waals surface area contributed by atoms with Crippen LogP contribution in [-0.4, -0.2) is 28.2 Å². The van der Waals surface area contributed by atoms with Gasteiger partial charge in [0.05, 0.1) is 18.3 Å². The number of hydrogen-bond donors (Lipinski definition) is 1. The number of pyridine rings is 1. The number of halogens is 1. The molecule has 0 aliphatic carbocycles. The lowest BCUT2D eigenvalue weighted by atomic mass is 9.93. The normalized spacial score (nSPS) is 18.0. The highest BCUT2D eigenvalue weighted by Gasteiger charge is 2.32. The molecular formula is C27H23FN4O2. The molecule has 3 heterocycles. The highest BCUT2D eigenvalue weighted by Crippen LogP contribution is 2.36. The molecule has 0 spiro atoms. The van der Waals surface area contributed by atoms with E-state index in [1.807, 2.05) is 11.0 Å². The summed E-state index contributed by atoms with van der Waals surface area (Å²) in [7, 11) is 0. The van der Waals surface area contributed by atoms with E-state index in [2.05, 4.69) is 15.1 Å². The fraction of sp³-hybridized carbons (Fsp3) is 0.259. The molecule has 34 heavy (non-hydrogen) atoms. The Morgan fingerprint density at radius 1 is 1.03 bits per heavy atom. The molecule has 1 atom stereocenters. The number of hydrogen-bond acceptors (Lipinski definition) is 3. The number of benzene rings is 2. The van der Waals surface area contributed by atoms with Crippen LogP contribution in [0.1, 0.15) is 53.3 Å². The highest BCUT2D eigenvalue weighted by molar-refractivity contribution is 5.98. The first-order chi connectivity index (χ1) is 16.5. The summed E-state index contributed by atoms with van der Waals surface area (Å²) in [5, 5.41) is 2.90. The van der Waals surface area contributed by atoms with Crippen molar-refractivity contribution in [2.75, 3.05) is 11.9 Å². The molecular weight excluding hydrogens is 431 g/mol. The van der Waals surface area contributed by atoms with Gasteiger partial charge in [0.1, 0.15) is 5.82 Å². The number of carbonyl (C=O) groups is 2. The summed E-state index contributed by atoms with van der Waals surface area (Å²) in [4.78, 5) is 35.9. The van der Waals surface area contributed by atoms with Gasteiger partial charge in [0.25, 0.3) is 5.91 Å². The topological polar surface area (TPSA) is 66.7 Å². The standard InChI is InChI=1S/C27H23FN4O2/c1-29-20-7-8-21-18(14-20)11-13-32(27(21)34)25-4-2-3-5-26(33)31-23-9-6-19(28)16-22(23)17-10-12-30-24(25)15-17/h6-10,12,14-16,25H,2-5,11,13H2,(H,31,33)/t25-/m0/s1. The van der Waals surface area contributed by atoms with Crippen molar-refractivity contribution >= 4 is 23.2 Å². The van der Waals surface area contributed by atoms with Crippen LogP contribution in [0.15, 0.2) is 54.7 Å². The van der Waals surface area contributed by atoms with Gasteiger partial charge in [-0.2, -0.15) is 0 Å². The van der Waals surface area contributed by atoms with Gasteiger partial charge in [0.15, 0.2) is 5.69 Å². The van der Waals surface area contributed by atoms with E-state index >= 15 is 0 Å². The first kappa shape index (κ1) is 21.8. The Hall–Kier alpha value is -4.05. The Labute approximate surface area is 197 Å². The van der Waals surface area contributed by atoms with Gasteiger partial charge in [-0.25, -0.2) is 9.24 Å². The minimum atomic E-state index is -0.392. The molecule has 1 N–H and O–H groups in total. The van der Waals surface area contributed by atoms with Crippen LogP contribution in [0.5, 0.6) is 0 Å². The predicted octanol–water partition coefficient (Wildman–Crippen LogP) is 5.69. The molecule has 0 fully saturated rings. The molecule has 6 nitrogen and oxygen atoms in total. The van der Waals surface area contributed by atoms with E-state index in [9.17, 15) is 14.0 Å². The molecule has 0 radical (unpaired) electrons. The second kappa shape index (κ2) is 9.06. The largest absolute Gasteiger partial charge is 0.330 e. The fourth-order valence-electron chi connectivity index (χ4n) is 4.82. The first-order valence-electron chi connectivity index (χ1n) is 11.4. The number of anilines is 1. The third-order valence-corrected chi connectivity index (χ3v) is 6.53. The minimum Gasteiger partial charge on any atom is -0.330 e. The third-order valence-electron chi connectivity index (χ3n) is 6.53. The second-order valence-corrected chi connectivity index (χ2v) is 8.67. The van der Waals surface area contributed by atoms with Crippen LogP contribution in [0.4, 0.5) is 15.8 Å². The maximum atomic E-state index is 14.1. The molecule has 0 unspecified atom stereocenters. The number of rotatable bonds is 1. The van der Waals surface area contributed by atoms with Crippen LogP contribution in [0.3, 0.4) is 0 Å². The predicted molar refractivity (Wildman–Crippen MR) is 127 cm³/mol. The van der Waals surface area contributed by atoms with Crippen molar-refractivity contribution in [1.29, 1.82) is 0 Å². The van der Waals surface area contributed by atoms with Crippen LogP contribution >= 0.6 is 0 Å². The molecule has 2 aromatic carbocycles. The van der Waals surface area contributed by atoms with E-state index in [0.717, 1.165) is 23.2 Å². The highest BCUT2D eigenvalue weighted by atomic mass is 19.1.